The summed E-state index contributed by atoms with van der Waals surface area (Å²) < 4.78 is 0.331. The molecule has 0 radical (unpaired) electrons. The molecule has 150 valence electrons. The van der Waals surface area contributed by atoms with Gasteiger partial charge in [-0.15, -0.1) is 11.3 Å². The monoisotopic (exact) mass is 471 g/mol. The largest absolute Gasteiger partial charge is 0.300 e. The number of thiocarbonyl (C=S) groups is 1. The summed E-state index contributed by atoms with van der Waals surface area (Å²) in [7, 11) is 0. The van der Waals surface area contributed by atoms with Crippen molar-refractivity contribution in [3.8, 4) is 11.3 Å². The van der Waals surface area contributed by atoms with Gasteiger partial charge in [-0.2, -0.15) is 0 Å². The number of carbonyl (C=O) groups excluding carboxylic acids is 2. The lowest BCUT2D eigenvalue weighted by Gasteiger charge is -2.13. The Morgan fingerprint density at radius 1 is 1.17 bits per heavy atom. The molecule has 2 amide bonds. The first-order chi connectivity index (χ1) is 14.5. The van der Waals surface area contributed by atoms with Crippen LogP contribution in [0.3, 0.4) is 0 Å². The fraction of sp³-hybridized carbons (Fsp3) is 0.0476. The molecule has 0 atom stereocenters. The molecule has 0 unspecified atom stereocenters. The van der Waals surface area contributed by atoms with Gasteiger partial charge in [0.2, 0.25) is 5.91 Å². The van der Waals surface area contributed by atoms with E-state index in [9.17, 15) is 9.59 Å². The number of halogens is 1. The molecule has 9 heteroatoms. The lowest BCUT2D eigenvalue weighted by Crippen LogP contribution is -2.36. The predicted molar refractivity (Wildman–Crippen MR) is 128 cm³/mol. The van der Waals surface area contributed by atoms with Gasteiger partial charge in [0.1, 0.15) is 10.9 Å². The third kappa shape index (κ3) is 4.62. The molecule has 2 heterocycles. The van der Waals surface area contributed by atoms with Crippen LogP contribution in [0, 0.1) is 0 Å². The predicted octanol–water partition coefficient (Wildman–Crippen LogP) is 5.30. The second-order valence-electron chi connectivity index (χ2n) is 6.24. The Hall–Kier alpha value is -2.52. The molecule has 5 nitrogen and oxygen atoms in total. The quantitative estimate of drug-likeness (QED) is 0.404. The second kappa shape index (κ2) is 9.09. The van der Waals surface area contributed by atoms with E-state index in [0.717, 1.165) is 28.6 Å². The van der Waals surface area contributed by atoms with E-state index in [1.165, 1.54) is 16.2 Å². The summed E-state index contributed by atoms with van der Waals surface area (Å²) in [6.45, 7) is -0.176. The third-order valence-corrected chi connectivity index (χ3v) is 6.67. The van der Waals surface area contributed by atoms with E-state index in [1.54, 1.807) is 12.1 Å². The number of thiazole rings is 1. The van der Waals surface area contributed by atoms with Gasteiger partial charge in [-0.3, -0.25) is 14.5 Å². The number of carbonyl (C=O) groups is 2. The summed E-state index contributed by atoms with van der Waals surface area (Å²) in [6, 6.07) is 16.9. The molecule has 1 aromatic heterocycles. The highest BCUT2D eigenvalue weighted by molar-refractivity contribution is 8.26. The average molecular weight is 472 g/mol. The van der Waals surface area contributed by atoms with Gasteiger partial charge < -0.3 is 5.32 Å². The number of thioether (sulfide) groups is 1. The molecule has 0 spiro atoms. The van der Waals surface area contributed by atoms with Crippen LogP contribution in [0.2, 0.25) is 5.02 Å². The maximum atomic E-state index is 12.7. The Labute approximate surface area is 191 Å². The number of nitrogens with zero attached hydrogens (tertiary/aromatic N) is 2. The van der Waals surface area contributed by atoms with E-state index in [1.807, 2.05) is 53.9 Å². The molecule has 0 aliphatic carbocycles. The Balaban J connectivity index is 1.42. The minimum Gasteiger partial charge on any atom is -0.300 e. The Bertz CT molecular complexity index is 1160. The first kappa shape index (κ1) is 20.7. The molecule has 0 saturated carbocycles. The first-order valence-electron chi connectivity index (χ1n) is 8.82. The Morgan fingerprint density at radius 3 is 2.67 bits per heavy atom. The van der Waals surface area contributed by atoms with Crippen LogP contribution >= 0.6 is 46.9 Å². The van der Waals surface area contributed by atoms with Gasteiger partial charge in [0.15, 0.2) is 5.13 Å². The smallest absolute Gasteiger partial charge is 0.266 e. The van der Waals surface area contributed by atoms with E-state index in [2.05, 4.69) is 10.3 Å². The van der Waals surface area contributed by atoms with Crippen LogP contribution in [0.4, 0.5) is 5.13 Å². The summed E-state index contributed by atoms with van der Waals surface area (Å²) in [5.41, 5.74) is 2.47. The number of aromatic nitrogens is 1. The molecular weight excluding hydrogens is 458 g/mol. The molecule has 30 heavy (non-hydrogen) atoms. The minimum absolute atomic E-state index is 0.176. The molecule has 0 bridgehead atoms. The van der Waals surface area contributed by atoms with E-state index in [0.29, 0.717) is 19.4 Å². The normalized spacial score (nSPS) is 15.1. The Kier molecular flexibility index (Phi) is 6.29. The van der Waals surface area contributed by atoms with Crippen LogP contribution in [-0.2, 0) is 9.59 Å². The highest BCUT2D eigenvalue weighted by atomic mass is 35.5. The number of hydrogen-bond donors (Lipinski definition) is 1. The van der Waals surface area contributed by atoms with Gasteiger partial charge in [0, 0.05) is 16.0 Å². The van der Waals surface area contributed by atoms with Crippen molar-refractivity contribution in [2.45, 2.75) is 0 Å². The lowest BCUT2D eigenvalue weighted by atomic mass is 10.2. The number of nitrogens with one attached hydrogen (secondary N) is 1. The van der Waals surface area contributed by atoms with Crippen LogP contribution in [0.15, 0.2) is 64.9 Å². The van der Waals surface area contributed by atoms with E-state index in [-0.39, 0.29) is 18.4 Å². The van der Waals surface area contributed by atoms with Crippen LogP contribution in [0.5, 0.6) is 0 Å². The highest BCUT2D eigenvalue weighted by Crippen LogP contribution is 2.33. The average Bonchev–Trinajstić information content (AvgIpc) is 3.30. The molecule has 1 aliphatic heterocycles. The number of benzene rings is 2. The van der Waals surface area contributed by atoms with Gasteiger partial charge in [-0.25, -0.2) is 4.98 Å². The summed E-state index contributed by atoms with van der Waals surface area (Å²) in [5.74, 6) is -0.677. The highest BCUT2D eigenvalue weighted by Gasteiger charge is 2.33. The summed E-state index contributed by atoms with van der Waals surface area (Å²) in [5, 5.41) is 5.62. The van der Waals surface area contributed by atoms with E-state index in [4.69, 9.17) is 23.8 Å². The fourth-order valence-electron chi connectivity index (χ4n) is 2.74. The topological polar surface area (TPSA) is 62.3 Å². The SMILES string of the molecule is O=C(CN1C(=O)C(=Cc2ccccc2Cl)SC1=S)Nc1nc(-c2ccccc2)cs1. The number of amides is 2. The van der Waals surface area contributed by atoms with Crippen molar-refractivity contribution in [1.82, 2.24) is 9.88 Å². The maximum absolute atomic E-state index is 12.7. The zero-order valence-corrected chi connectivity index (χ0v) is 18.6. The lowest BCUT2D eigenvalue weighted by molar-refractivity contribution is -0.126. The molecule has 4 rings (SSSR count). The van der Waals surface area contributed by atoms with Crippen molar-refractivity contribution in [3.05, 3.63) is 75.5 Å². The van der Waals surface area contributed by atoms with Crippen molar-refractivity contribution in [2.75, 3.05) is 11.9 Å². The van der Waals surface area contributed by atoms with E-state index < -0.39 is 0 Å². The summed E-state index contributed by atoms with van der Waals surface area (Å²) >= 11 is 13.9. The van der Waals surface area contributed by atoms with Gasteiger partial charge in [0.25, 0.3) is 5.91 Å². The standard InChI is InChI=1S/C21H14ClN3O2S3/c22-15-9-5-4-8-14(15)10-17-19(27)25(21(28)30-17)11-18(26)24-20-23-16(12-29-20)13-6-2-1-3-7-13/h1-10,12H,11H2,(H,23,24,26). The number of hydrogen-bond acceptors (Lipinski definition) is 6. The molecule has 1 fully saturated rings. The summed E-state index contributed by atoms with van der Waals surface area (Å²) in [6.07, 6.45) is 1.69. The van der Waals surface area contributed by atoms with Crippen molar-refractivity contribution in [3.63, 3.8) is 0 Å². The van der Waals surface area contributed by atoms with Crippen molar-refractivity contribution in [1.29, 1.82) is 0 Å². The van der Waals surface area contributed by atoms with Gasteiger partial charge >= 0.3 is 0 Å². The molecule has 3 aromatic rings. The van der Waals surface area contributed by atoms with Crippen molar-refractivity contribution in [2.24, 2.45) is 0 Å². The van der Waals surface area contributed by atoms with Crippen LogP contribution < -0.4 is 5.32 Å². The van der Waals surface area contributed by atoms with Crippen LogP contribution in [-0.4, -0.2) is 32.6 Å². The van der Waals surface area contributed by atoms with E-state index >= 15 is 0 Å². The third-order valence-electron chi connectivity index (χ3n) is 4.19. The van der Waals surface area contributed by atoms with Gasteiger partial charge in [0.05, 0.1) is 10.6 Å². The zero-order chi connectivity index (χ0) is 21.1. The van der Waals surface area contributed by atoms with Gasteiger partial charge in [-0.05, 0) is 17.7 Å². The van der Waals surface area contributed by atoms with Crippen LogP contribution in [0.25, 0.3) is 17.3 Å². The minimum atomic E-state index is -0.362. The zero-order valence-electron chi connectivity index (χ0n) is 15.4. The molecule has 1 saturated heterocycles. The molecule has 1 N–H and O–H groups in total. The first-order valence-corrected chi connectivity index (χ1v) is 11.3. The molecular formula is C21H14ClN3O2S3. The van der Waals surface area contributed by atoms with Crippen molar-refractivity contribution < 1.29 is 9.59 Å². The van der Waals surface area contributed by atoms with Crippen LogP contribution in [0.1, 0.15) is 5.56 Å². The maximum Gasteiger partial charge on any atom is 0.266 e. The molecule has 2 aromatic carbocycles. The summed E-state index contributed by atoms with van der Waals surface area (Å²) in [4.78, 5) is 31.3. The Morgan fingerprint density at radius 2 is 1.90 bits per heavy atom. The van der Waals surface area contributed by atoms with Gasteiger partial charge in [-0.1, -0.05) is 84.1 Å². The molecule has 1 aliphatic rings. The van der Waals surface area contributed by atoms with Crippen molar-refractivity contribution >= 4 is 74.3 Å². The number of rotatable bonds is 5. The fourth-order valence-corrected chi connectivity index (χ4v) is 4.92. The second-order valence-corrected chi connectivity index (χ2v) is 9.18. The number of anilines is 1.